The van der Waals surface area contributed by atoms with Gasteiger partial charge in [0.05, 0.1) is 13.2 Å². The van der Waals surface area contributed by atoms with E-state index in [0.717, 1.165) is 24.0 Å². The summed E-state index contributed by atoms with van der Waals surface area (Å²) in [7, 11) is 0. The second kappa shape index (κ2) is 13.8. The lowest BCUT2D eigenvalue weighted by Crippen LogP contribution is -2.37. The molecule has 9 nitrogen and oxygen atoms in total. The van der Waals surface area contributed by atoms with Gasteiger partial charge in [-0.3, -0.25) is 16.2 Å². The molecular weight excluding hydrogens is 406 g/mol. The predicted octanol–water partition coefficient (Wildman–Crippen LogP) is 1.88. The summed E-state index contributed by atoms with van der Waals surface area (Å²) in [4.78, 5) is 0. The fourth-order valence-corrected chi connectivity index (χ4v) is 2.78. The van der Waals surface area contributed by atoms with Crippen LogP contribution in [-0.2, 0) is 22.7 Å². The summed E-state index contributed by atoms with van der Waals surface area (Å²) in [6, 6.07) is 14.9. The zero-order valence-corrected chi connectivity index (χ0v) is 18.2. The molecule has 0 fully saturated rings. The molecule has 0 spiro atoms. The first-order chi connectivity index (χ1) is 15.5. The van der Waals surface area contributed by atoms with Crippen molar-refractivity contribution < 1.29 is 9.47 Å². The molecule has 0 aliphatic carbocycles. The average Bonchev–Trinajstić information content (AvgIpc) is 2.79. The number of hydrogen-bond donors (Lipinski definition) is 7. The Hall–Kier alpha value is -3.43. The highest BCUT2D eigenvalue weighted by atomic mass is 16.5. The molecule has 0 amide bonds. The van der Waals surface area contributed by atoms with Crippen LogP contribution in [0.5, 0.6) is 0 Å². The van der Waals surface area contributed by atoms with Gasteiger partial charge in [-0.2, -0.15) is 0 Å². The van der Waals surface area contributed by atoms with Crippen molar-refractivity contribution in [2.24, 2.45) is 11.5 Å². The van der Waals surface area contributed by atoms with Gasteiger partial charge in [-0.05, 0) is 24.0 Å². The second-order valence-corrected chi connectivity index (χ2v) is 7.26. The van der Waals surface area contributed by atoms with E-state index < -0.39 is 0 Å². The Labute approximate surface area is 189 Å². The summed E-state index contributed by atoms with van der Waals surface area (Å²) >= 11 is 0. The Morgan fingerprint density at radius 1 is 0.656 bits per heavy atom. The smallest absolute Gasteiger partial charge is 0.188 e. The van der Waals surface area contributed by atoms with E-state index >= 15 is 0 Å². The van der Waals surface area contributed by atoms with Crippen LogP contribution in [0.4, 0.5) is 0 Å². The van der Waals surface area contributed by atoms with E-state index in [9.17, 15) is 0 Å². The molecule has 0 saturated heterocycles. The van der Waals surface area contributed by atoms with Crippen molar-refractivity contribution in [2.45, 2.75) is 26.1 Å². The molecule has 0 heterocycles. The Morgan fingerprint density at radius 2 is 1.03 bits per heavy atom. The molecule has 0 atom stereocenters. The van der Waals surface area contributed by atoms with Gasteiger partial charge in [-0.1, -0.05) is 48.5 Å². The predicted molar refractivity (Wildman–Crippen MR) is 127 cm³/mol. The molecule has 0 saturated carbocycles. The van der Waals surface area contributed by atoms with E-state index in [1.54, 1.807) is 0 Å². The second-order valence-electron chi connectivity index (χ2n) is 7.26. The monoisotopic (exact) mass is 439 g/mol. The number of nitrogen functional groups attached to an aromatic ring is 2. The van der Waals surface area contributed by atoms with Gasteiger partial charge in [-0.25, -0.2) is 0 Å². The Kier molecular flexibility index (Phi) is 10.7. The van der Waals surface area contributed by atoms with Gasteiger partial charge in [0.15, 0.2) is 5.96 Å². The molecule has 9 heteroatoms. The molecule has 0 bridgehead atoms. The third-order valence-electron chi connectivity index (χ3n) is 4.60. The maximum absolute atomic E-state index is 7.87. The SMILES string of the molecule is N=C(NCCCOCc1ccc(C(=N)N)cc1)NCCCOCc1ccc(C(=N)N)cc1. The van der Waals surface area contributed by atoms with E-state index in [-0.39, 0.29) is 11.7 Å². The molecular formula is C23H33N7O2. The first-order valence-corrected chi connectivity index (χ1v) is 10.5. The van der Waals surface area contributed by atoms with Crippen LogP contribution in [0.3, 0.4) is 0 Å². The minimum atomic E-state index is 0.0597. The molecule has 2 aromatic rings. The van der Waals surface area contributed by atoms with E-state index in [2.05, 4.69) is 10.6 Å². The number of benzene rings is 2. The van der Waals surface area contributed by atoms with E-state index in [1.807, 2.05) is 48.5 Å². The maximum Gasteiger partial charge on any atom is 0.188 e. The highest BCUT2D eigenvalue weighted by molar-refractivity contribution is 5.95. The van der Waals surface area contributed by atoms with Gasteiger partial charge < -0.3 is 31.6 Å². The molecule has 0 aromatic heterocycles. The number of rotatable bonds is 14. The summed E-state index contributed by atoms with van der Waals surface area (Å²) in [5, 5.41) is 28.7. The van der Waals surface area contributed by atoms with Gasteiger partial charge in [-0.15, -0.1) is 0 Å². The topological polar surface area (TPSA) is 166 Å². The van der Waals surface area contributed by atoms with E-state index in [0.29, 0.717) is 56.6 Å². The fraction of sp³-hybridized carbons (Fsp3) is 0.348. The lowest BCUT2D eigenvalue weighted by Gasteiger charge is -2.11. The van der Waals surface area contributed by atoms with Crippen molar-refractivity contribution in [2.75, 3.05) is 26.3 Å². The lowest BCUT2D eigenvalue weighted by atomic mass is 10.1. The van der Waals surface area contributed by atoms with E-state index in [4.69, 9.17) is 37.2 Å². The van der Waals surface area contributed by atoms with Crippen molar-refractivity contribution in [1.82, 2.24) is 10.6 Å². The van der Waals surface area contributed by atoms with Gasteiger partial charge in [0.1, 0.15) is 11.7 Å². The number of nitrogens with two attached hydrogens (primary N) is 2. The Bertz CT molecular complexity index is 795. The largest absolute Gasteiger partial charge is 0.384 e. The summed E-state index contributed by atoms with van der Waals surface area (Å²) in [5.74, 6) is 0.415. The summed E-state index contributed by atoms with van der Waals surface area (Å²) in [6.45, 7) is 3.51. The number of guanidine groups is 1. The molecule has 32 heavy (non-hydrogen) atoms. The summed E-state index contributed by atoms with van der Waals surface area (Å²) < 4.78 is 11.3. The number of hydrogen-bond acceptors (Lipinski definition) is 5. The van der Waals surface area contributed by atoms with Crippen LogP contribution in [-0.4, -0.2) is 43.9 Å². The molecule has 0 aliphatic rings. The zero-order chi connectivity index (χ0) is 23.2. The number of amidine groups is 2. The van der Waals surface area contributed by atoms with Crippen molar-refractivity contribution in [3.05, 3.63) is 70.8 Å². The third kappa shape index (κ3) is 9.59. The van der Waals surface area contributed by atoms with Crippen LogP contribution in [0.15, 0.2) is 48.5 Å². The summed E-state index contributed by atoms with van der Waals surface area (Å²) in [5.41, 5.74) is 14.4. The summed E-state index contributed by atoms with van der Waals surface area (Å²) in [6.07, 6.45) is 1.59. The standard InChI is InChI=1S/C23H33N7O2/c24-21(25)19-7-3-17(4-8-19)15-31-13-1-11-29-23(28)30-12-2-14-32-16-18-5-9-20(10-6-18)22(26)27/h3-10H,1-2,11-16H2,(H3,24,25)(H3,26,27)(H3,28,29,30). The minimum Gasteiger partial charge on any atom is -0.384 e. The average molecular weight is 440 g/mol. The van der Waals surface area contributed by atoms with Crippen molar-refractivity contribution in [1.29, 1.82) is 16.2 Å². The normalized spacial score (nSPS) is 10.5. The molecule has 2 aromatic carbocycles. The quantitative estimate of drug-likeness (QED) is 0.135. The highest BCUT2D eigenvalue weighted by Gasteiger charge is 2.00. The molecule has 9 N–H and O–H groups in total. The number of ether oxygens (including phenoxy) is 2. The molecule has 172 valence electrons. The van der Waals surface area contributed by atoms with Crippen molar-refractivity contribution in [3.8, 4) is 0 Å². The molecule has 2 rings (SSSR count). The molecule has 0 radical (unpaired) electrons. The maximum atomic E-state index is 7.87. The first-order valence-electron chi connectivity index (χ1n) is 10.5. The Balaban J connectivity index is 1.43. The highest BCUT2D eigenvalue weighted by Crippen LogP contribution is 2.06. The fourth-order valence-electron chi connectivity index (χ4n) is 2.78. The van der Waals surface area contributed by atoms with Gasteiger partial charge in [0.25, 0.3) is 0 Å². The van der Waals surface area contributed by atoms with Crippen LogP contribution in [0, 0.1) is 16.2 Å². The van der Waals surface area contributed by atoms with Gasteiger partial charge in [0.2, 0.25) is 0 Å². The van der Waals surface area contributed by atoms with Crippen molar-refractivity contribution >= 4 is 17.6 Å². The van der Waals surface area contributed by atoms with Gasteiger partial charge >= 0.3 is 0 Å². The van der Waals surface area contributed by atoms with Crippen LogP contribution in [0.2, 0.25) is 0 Å². The number of nitrogens with one attached hydrogen (secondary N) is 5. The van der Waals surface area contributed by atoms with Gasteiger partial charge in [0, 0.05) is 37.4 Å². The van der Waals surface area contributed by atoms with Crippen LogP contribution < -0.4 is 22.1 Å². The van der Waals surface area contributed by atoms with Crippen LogP contribution in [0.25, 0.3) is 0 Å². The van der Waals surface area contributed by atoms with Crippen molar-refractivity contribution in [3.63, 3.8) is 0 Å². The third-order valence-corrected chi connectivity index (χ3v) is 4.60. The van der Waals surface area contributed by atoms with Crippen LogP contribution >= 0.6 is 0 Å². The molecule has 0 unspecified atom stereocenters. The minimum absolute atomic E-state index is 0.0597. The van der Waals surface area contributed by atoms with Crippen LogP contribution in [0.1, 0.15) is 35.1 Å². The lowest BCUT2D eigenvalue weighted by molar-refractivity contribution is 0.118. The Morgan fingerprint density at radius 3 is 1.38 bits per heavy atom. The van der Waals surface area contributed by atoms with E-state index in [1.165, 1.54) is 0 Å². The zero-order valence-electron chi connectivity index (χ0n) is 18.2. The molecule has 0 aliphatic heterocycles. The first kappa shape index (κ1) is 24.8.